The predicted molar refractivity (Wildman–Crippen MR) is 110 cm³/mol. The van der Waals surface area contributed by atoms with Crippen LogP contribution in [0.3, 0.4) is 0 Å². The standard InChI is InChI=1S/C22H28N2O2S/c1-5-20(25)24(15(2)3)14-21(26)23-12-10-19-18(11-13-27-19)22(23)17-8-6-16(4)7-9-17/h6-9,11,13,15,22H,5,10,12,14H2,1-4H3/t22-/m0/s1. The molecule has 0 radical (unpaired) electrons. The predicted octanol–water partition coefficient (Wildman–Crippen LogP) is 4.18. The molecule has 0 bridgehead atoms. The Morgan fingerprint density at radius 3 is 2.56 bits per heavy atom. The number of rotatable bonds is 5. The molecular formula is C22H28N2O2S. The van der Waals surface area contributed by atoms with Gasteiger partial charge in [0, 0.05) is 23.9 Å². The van der Waals surface area contributed by atoms with Crippen LogP contribution in [0.25, 0.3) is 0 Å². The lowest BCUT2D eigenvalue weighted by Crippen LogP contribution is -2.48. The molecule has 2 amide bonds. The fourth-order valence-corrected chi connectivity index (χ4v) is 4.60. The van der Waals surface area contributed by atoms with E-state index in [1.807, 2.05) is 25.7 Å². The Bertz CT molecular complexity index is 810. The fraction of sp³-hybridized carbons (Fsp3) is 0.455. The molecule has 1 aromatic heterocycles. The van der Waals surface area contributed by atoms with Crippen LogP contribution in [-0.2, 0) is 16.0 Å². The Labute approximate surface area is 165 Å². The second kappa shape index (κ2) is 8.26. The molecule has 0 aliphatic carbocycles. The van der Waals surface area contributed by atoms with Gasteiger partial charge in [0.2, 0.25) is 11.8 Å². The van der Waals surface area contributed by atoms with Gasteiger partial charge in [-0.25, -0.2) is 0 Å². The molecule has 0 N–H and O–H groups in total. The molecule has 0 saturated carbocycles. The van der Waals surface area contributed by atoms with E-state index in [0.29, 0.717) is 13.0 Å². The normalized spacial score (nSPS) is 16.3. The van der Waals surface area contributed by atoms with Crippen molar-refractivity contribution < 1.29 is 9.59 Å². The summed E-state index contributed by atoms with van der Waals surface area (Å²) in [6, 6.07) is 10.5. The number of benzene rings is 1. The monoisotopic (exact) mass is 384 g/mol. The first-order chi connectivity index (χ1) is 12.9. The van der Waals surface area contributed by atoms with Gasteiger partial charge in [-0.1, -0.05) is 36.8 Å². The van der Waals surface area contributed by atoms with Crippen molar-refractivity contribution in [2.75, 3.05) is 13.1 Å². The zero-order chi connectivity index (χ0) is 19.6. The topological polar surface area (TPSA) is 40.6 Å². The number of nitrogens with zero attached hydrogens (tertiary/aromatic N) is 2. The summed E-state index contributed by atoms with van der Waals surface area (Å²) < 4.78 is 0. The van der Waals surface area contributed by atoms with Crippen LogP contribution in [0.15, 0.2) is 35.7 Å². The van der Waals surface area contributed by atoms with Crippen LogP contribution in [0.4, 0.5) is 0 Å². The highest BCUT2D eigenvalue weighted by Crippen LogP contribution is 2.38. The van der Waals surface area contributed by atoms with Crippen molar-refractivity contribution in [1.82, 2.24) is 9.80 Å². The molecule has 0 fully saturated rings. The van der Waals surface area contributed by atoms with Crippen molar-refractivity contribution in [1.29, 1.82) is 0 Å². The van der Waals surface area contributed by atoms with E-state index in [4.69, 9.17) is 0 Å². The van der Waals surface area contributed by atoms with Crippen LogP contribution in [0.5, 0.6) is 0 Å². The molecule has 2 heterocycles. The minimum Gasteiger partial charge on any atom is -0.331 e. The molecule has 5 heteroatoms. The van der Waals surface area contributed by atoms with E-state index in [0.717, 1.165) is 12.0 Å². The molecule has 2 aromatic rings. The summed E-state index contributed by atoms with van der Waals surface area (Å²) in [6.45, 7) is 8.68. The van der Waals surface area contributed by atoms with Crippen LogP contribution < -0.4 is 0 Å². The van der Waals surface area contributed by atoms with Gasteiger partial charge < -0.3 is 9.80 Å². The lowest BCUT2D eigenvalue weighted by molar-refractivity contribution is -0.143. The molecular weight excluding hydrogens is 356 g/mol. The molecule has 4 nitrogen and oxygen atoms in total. The van der Waals surface area contributed by atoms with E-state index in [2.05, 4.69) is 42.6 Å². The lowest BCUT2D eigenvalue weighted by Gasteiger charge is -2.38. The quantitative estimate of drug-likeness (QED) is 0.776. The first-order valence-electron chi connectivity index (χ1n) is 9.64. The summed E-state index contributed by atoms with van der Waals surface area (Å²) >= 11 is 1.77. The van der Waals surface area contributed by atoms with Gasteiger partial charge in [-0.15, -0.1) is 11.3 Å². The minimum absolute atomic E-state index is 0.0146. The van der Waals surface area contributed by atoms with Crippen LogP contribution in [0.1, 0.15) is 54.8 Å². The molecule has 144 valence electrons. The maximum absolute atomic E-state index is 13.3. The van der Waals surface area contributed by atoms with Gasteiger partial charge in [-0.2, -0.15) is 0 Å². The zero-order valence-electron chi connectivity index (χ0n) is 16.6. The van der Waals surface area contributed by atoms with Gasteiger partial charge in [-0.3, -0.25) is 9.59 Å². The van der Waals surface area contributed by atoms with Crippen LogP contribution >= 0.6 is 11.3 Å². The Balaban J connectivity index is 1.91. The largest absolute Gasteiger partial charge is 0.331 e. The van der Waals surface area contributed by atoms with Gasteiger partial charge in [0.15, 0.2) is 0 Å². The molecule has 1 aliphatic rings. The fourth-order valence-electron chi connectivity index (χ4n) is 3.69. The highest BCUT2D eigenvalue weighted by atomic mass is 32.1. The summed E-state index contributed by atoms with van der Waals surface area (Å²) in [4.78, 5) is 30.5. The van der Waals surface area contributed by atoms with E-state index >= 15 is 0 Å². The van der Waals surface area contributed by atoms with Gasteiger partial charge in [-0.05, 0) is 49.8 Å². The van der Waals surface area contributed by atoms with Gasteiger partial charge >= 0.3 is 0 Å². The van der Waals surface area contributed by atoms with E-state index in [1.54, 1.807) is 16.2 Å². The first kappa shape index (κ1) is 19.6. The smallest absolute Gasteiger partial charge is 0.243 e. The number of carbonyl (C=O) groups is 2. The zero-order valence-corrected chi connectivity index (χ0v) is 17.4. The molecule has 0 saturated heterocycles. The Kier molecular flexibility index (Phi) is 6.00. The number of carbonyl (C=O) groups excluding carboxylic acids is 2. The van der Waals surface area contributed by atoms with E-state index in [9.17, 15) is 9.59 Å². The van der Waals surface area contributed by atoms with Crippen molar-refractivity contribution in [3.63, 3.8) is 0 Å². The van der Waals surface area contributed by atoms with Gasteiger partial charge in [0.25, 0.3) is 0 Å². The molecule has 3 rings (SSSR count). The molecule has 1 aliphatic heterocycles. The van der Waals surface area contributed by atoms with Crippen molar-refractivity contribution in [3.05, 3.63) is 57.3 Å². The summed E-state index contributed by atoms with van der Waals surface area (Å²) in [5.74, 6) is 0.0476. The second-order valence-electron chi connectivity index (χ2n) is 7.42. The summed E-state index contributed by atoms with van der Waals surface area (Å²) in [6.07, 6.45) is 1.30. The third-order valence-electron chi connectivity index (χ3n) is 5.23. The third-order valence-corrected chi connectivity index (χ3v) is 6.23. The number of aryl methyl sites for hydroxylation is 1. The van der Waals surface area contributed by atoms with Gasteiger partial charge in [0.05, 0.1) is 6.04 Å². The average molecular weight is 385 g/mol. The van der Waals surface area contributed by atoms with E-state index in [-0.39, 0.29) is 30.4 Å². The molecule has 27 heavy (non-hydrogen) atoms. The van der Waals surface area contributed by atoms with E-state index in [1.165, 1.54) is 16.0 Å². The minimum atomic E-state index is -0.0705. The molecule has 1 atom stereocenters. The molecule has 0 unspecified atom stereocenters. The van der Waals surface area contributed by atoms with E-state index < -0.39 is 0 Å². The Morgan fingerprint density at radius 1 is 1.22 bits per heavy atom. The van der Waals surface area contributed by atoms with Crippen LogP contribution in [0.2, 0.25) is 0 Å². The third kappa shape index (κ3) is 4.08. The first-order valence-corrected chi connectivity index (χ1v) is 10.5. The maximum atomic E-state index is 13.3. The van der Waals surface area contributed by atoms with Crippen molar-refractivity contribution in [3.8, 4) is 0 Å². The van der Waals surface area contributed by atoms with Crippen molar-refractivity contribution >= 4 is 23.2 Å². The Morgan fingerprint density at radius 2 is 1.93 bits per heavy atom. The molecule has 0 spiro atoms. The summed E-state index contributed by atoms with van der Waals surface area (Å²) in [5.41, 5.74) is 3.56. The average Bonchev–Trinajstić information content (AvgIpc) is 3.13. The summed E-state index contributed by atoms with van der Waals surface area (Å²) in [7, 11) is 0. The van der Waals surface area contributed by atoms with Crippen LogP contribution in [0, 0.1) is 6.92 Å². The number of thiophene rings is 1. The van der Waals surface area contributed by atoms with Crippen molar-refractivity contribution in [2.24, 2.45) is 0 Å². The van der Waals surface area contributed by atoms with Gasteiger partial charge in [0.1, 0.15) is 6.54 Å². The highest BCUT2D eigenvalue weighted by Gasteiger charge is 2.34. The lowest BCUT2D eigenvalue weighted by atomic mass is 9.92. The highest BCUT2D eigenvalue weighted by molar-refractivity contribution is 7.10. The SMILES string of the molecule is CCC(=O)N(CC(=O)N1CCc2sccc2[C@@H]1c1ccc(C)cc1)C(C)C. The second-order valence-corrected chi connectivity index (χ2v) is 8.42. The number of amides is 2. The summed E-state index contributed by atoms with van der Waals surface area (Å²) in [5, 5.41) is 2.11. The Hall–Kier alpha value is -2.14. The molecule has 1 aromatic carbocycles. The number of fused-ring (bicyclic) bond motifs is 1. The number of hydrogen-bond donors (Lipinski definition) is 0. The van der Waals surface area contributed by atoms with Crippen LogP contribution in [-0.4, -0.2) is 40.7 Å². The van der Waals surface area contributed by atoms with Crippen molar-refractivity contribution in [2.45, 2.75) is 52.6 Å². The number of hydrogen-bond acceptors (Lipinski definition) is 3. The maximum Gasteiger partial charge on any atom is 0.243 e.